The average molecular weight is 401 g/mol. The average Bonchev–Trinajstić information content (AvgIpc) is 2.64. The highest BCUT2D eigenvalue weighted by Gasteiger charge is 2.41. The Kier molecular flexibility index (Phi) is 11.8. The van der Waals surface area contributed by atoms with Crippen LogP contribution in [0.15, 0.2) is 18.2 Å². The van der Waals surface area contributed by atoms with Crippen LogP contribution in [0.2, 0.25) is 0 Å². The highest BCUT2D eigenvalue weighted by Crippen LogP contribution is 2.34. The summed E-state index contributed by atoms with van der Waals surface area (Å²) in [6.07, 6.45) is 9.16. The van der Waals surface area contributed by atoms with Crippen LogP contribution in [0.1, 0.15) is 77.7 Å². The first-order valence-electron chi connectivity index (χ1n) is 10.6. The predicted molar refractivity (Wildman–Crippen MR) is 109 cm³/mol. The number of unbranched alkanes of at least 4 members (excludes halogenated alkanes) is 5. The molecule has 0 amide bonds. The molecule has 0 aromatic heterocycles. The Labute approximate surface area is 169 Å². The third-order valence-electron chi connectivity index (χ3n) is 5.08. The van der Waals surface area contributed by atoms with Crippen molar-refractivity contribution in [1.82, 2.24) is 0 Å². The largest absolute Gasteiger partial charge is 0.331 e. The molecule has 0 aliphatic rings. The number of methoxy groups -OCH3 is 2. The molecule has 162 valence electrons. The lowest BCUT2D eigenvalue weighted by atomic mass is 9.91. The van der Waals surface area contributed by atoms with Crippen molar-refractivity contribution in [3.63, 3.8) is 0 Å². The van der Waals surface area contributed by atoms with Gasteiger partial charge in [-0.1, -0.05) is 45.4 Å². The summed E-state index contributed by atoms with van der Waals surface area (Å²) in [7, 11) is 3.17. The van der Waals surface area contributed by atoms with Crippen LogP contribution >= 0.6 is 0 Å². The van der Waals surface area contributed by atoms with Crippen LogP contribution in [-0.4, -0.2) is 26.3 Å². The molecule has 1 aromatic rings. The van der Waals surface area contributed by atoms with Gasteiger partial charge in [-0.3, -0.25) is 0 Å². The van der Waals surface area contributed by atoms with Crippen LogP contribution in [0.4, 0.5) is 8.78 Å². The van der Waals surface area contributed by atoms with E-state index in [1.54, 1.807) is 14.2 Å². The number of aryl methyl sites for hydroxylation is 1. The minimum atomic E-state index is -1.15. The summed E-state index contributed by atoms with van der Waals surface area (Å²) in [5.74, 6) is -2.29. The Morgan fingerprint density at radius 1 is 0.857 bits per heavy atom. The molecule has 5 heteroatoms. The predicted octanol–water partition coefficient (Wildman–Crippen LogP) is 6.64. The van der Waals surface area contributed by atoms with Crippen molar-refractivity contribution in [2.75, 3.05) is 14.2 Å². The van der Waals surface area contributed by atoms with E-state index in [1.807, 2.05) is 13.8 Å². The fourth-order valence-corrected chi connectivity index (χ4v) is 3.70. The van der Waals surface area contributed by atoms with Crippen LogP contribution in [0, 0.1) is 17.6 Å². The second-order valence-corrected chi connectivity index (χ2v) is 7.75. The van der Waals surface area contributed by atoms with Gasteiger partial charge in [0.15, 0.2) is 0 Å². The molecule has 0 aliphatic heterocycles. The van der Waals surface area contributed by atoms with E-state index >= 15 is 0 Å². The second-order valence-electron chi connectivity index (χ2n) is 7.75. The molecule has 1 aromatic carbocycles. The molecule has 0 saturated carbocycles. The van der Waals surface area contributed by atoms with Crippen LogP contribution in [0.3, 0.4) is 0 Å². The minimum absolute atomic E-state index is 0.0394. The highest BCUT2D eigenvalue weighted by molar-refractivity contribution is 5.18. The van der Waals surface area contributed by atoms with Crippen molar-refractivity contribution >= 4 is 0 Å². The maximum absolute atomic E-state index is 13.5. The van der Waals surface area contributed by atoms with Crippen molar-refractivity contribution in [3.8, 4) is 0 Å². The lowest BCUT2D eigenvalue weighted by molar-refractivity contribution is -0.399. The Bertz CT molecular complexity index is 524. The zero-order valence-electron chi connectivity index (χ0n) is 18.2. The summed E-state index contributed by atoms with van der Waals surface area (Å²) >= 11 is 0. The molecule has 0 aliphatic carbocycles. The van der Waals surface area contributed by atoms with E-state index in [1.165, 1.54) is 37.8 Å². The van der Waals surface area contributed by atoms with E-state index in [0.29, 0.717) is 18.4 Å². The molecule has 1 rings (SSSR count). The Morgan fingerprint density at radius 2 is 1.43 bits per heavy atom. The van der Waals surface area contributed by atoms with Gasteiger partial charge >= 0.3 is 0 Å². The quantitative estimate of drug-likeness (QED) is 0.244. The summed E-state index contributed by atoms with van der Waals surface area (Å²) in [6.45, 7) is 6.09. The summed E-state index contributed by atoms with van der Waals surface area (Å²) in [6, 6.07) is 3.67. The number of benzene rings is 1. The van der Waals surface area contributed by atoms with Crippen LogP contribution in [-0.2, 0) is 20.6 Å². The fourth-order valence-electron chi connectivity index (χ4n) is 3.70. The smallest absolute Gasteiger partial charge is 0.285 e. The van der Waals surface area contributed by atoms with E-state index in [2.05, 4.69) is 6.92 Å². The molecule has 0 fully saturated rings. The Hall–Kier alpha value is -1.04. The molecule has 0 radical (unpaired) electrons. The van der Waals surface area contributed by atoms with Gasteiger partial charge in [0.05, 0.1) is 6.10 Å². The SMILES string of the molecule is CCCCCCCCC(CCc1cc(F)cc(F)c1)C(OC)(OC)OC(C)C. The van der Waals surface area contributed by atoms with Crippen LogP contribution < -0.4 is 0 Å². The zero-order chi connectivity index (χ0) is 21.0. The molecular weight excluding hydrogens is 362 g/mol. The number of hydrogen-bond donors (Lipinski definition) is 0. The maximum atomic E-state index is 13.5. The summed E-state index contributed by atoms with van der Waals surface area (Å²) < 4.78 is 44.5. The van der Waals surface area contributed by atoms with Gasteiger partial charge in [-0.15, -0.1) is 0 Å². The van der Waals surface area contributed by atoms with Gasteiger partial charge in [0.25, 0.3) is 5.97 Å². The zero-order valence-corrected chi connectivity index (χ0v) is 18.2. The third kappa shape index (κ3) is 8.54. The van der Waals surface area contributed by atoms with Gasteiger partial charge < -0.3 is 14.2 Å². The van der Waals surface area contributed by atoms with Gasteiger partial charge in [0.2, 0.25) is 0 Å². The van der Waals surface area contributed by atoms with Crippen LogP contribution in [0.25, 0.3) is 0 Å². The molecule has 0 bridgehead atoms. The van der Waals surface area contributed by atoms with E-state index in [-0.39, 0.29) is 12.0 Å². The minimum Gasteiger partial charge on any atom is -0.331 e. The van der Waals surface area contributed by atoms with Gasteiger partial charge in [-0.25, -0.2) is 8.78 Å². The normalized spacial score (nSPS) is 13.3. The van der Waals surface area contributed by atoms with Gasteiger partial charge in [-0.2, -0.15) is 0 Å². The molecule has 28 heavy (non-hydrogen) atoms. The van der Waals surface area contributed by atoms with Gasteiger partial charge in [0, 0.05) is 26.2 Å². The summed E-state index contributed by atoms with van der Waals surface area (Å²) in [5, 5.41) is 0. The number of rotatable bonds is 15. The van der Waals surface area contributed by atoms with Crippen LogP contribution in [0.5, 0.6) is 0 Å². The molecule has 0 saturated heterocycles. The number of ether oxygens (including phenoxy) is 3. The fraction of sp³-hybridized carbons (Fsp3) is 0.739. The van der Waals surface area contributed by atoms with E-state index < -0.39 is 17.6 Å². The number of hydrogen-bond acceptors (Lipinski definition) is 3. The first kappa shape index (κ1) is 25.0. The van der Waals surface area contributed by atoms with E-state index in [9.17, 15) is 8.78 Å². The molecule has 1 unspecified atom stereocenters. The Balaban J connectivity index is 2.82. The van der Waals surface area contributed by atoms with Crippen molar-refractivity contribution < 1.29 is 23.0 Å². The third-order valence-corrected chi connectivity index (χ3v) is 5.08. The lowest BCUT2D eigenvalue weighted by Crippen LogP contribution is -2.46. The topological polar surface area (TPSA) is 27.7 Å². The second kappa shape index (κ2) is 13.2. The molecule has 0 spiro atoms. The number of halogens is 2. The monoisotopic (exact) mass is 400 g/mol. The van der Waals surface area contributed by atoms with Crippen molar-refractivity contribution in [2.45, 2.75) is 90.6 Å². The van der Waals surface area contributed by atoms with E-state index in [0.717, 1.165) is 25.3 Å². The first-order valence-corrected chi connectivity index (χ1v) is 10.6. The molecular formula is C23H38F2O3. The molecule has 0 heterocycles. The molecule has 0 N–H and O–H groups in total. The van der Waals surface area contributed by atoms with Crippen molar-refractivity contribution in [1.29, 1.82) is 0 Å². The molecule has 1 atom stereocenters. The standard InChI is InChI=1S/C23H38F2O3/c1-6-7-8-9-10-11-12-20(23(26-4,27-5)28-18(2)3)14-13-19-15-21(24)17-22(25)16-19/h15-18,20H,6-14H2,1-5H3. The first-order chi connectivity index (χ1) is 13.4. The highest BCUT2D eigenvalue weighted by atomic mass is 19.1. The van der Waals surface area contributed by atoms with Crippen molar-refractivity contribution in [3.05, 3.63) is 35.4 Å². The van der Waals surface area contributed by atoms with E-state index in [4.69, 9.17) is 14.2 Å². The van der Waals surface area contributed by atoms with Gasteiger partial charge in [-0.05, 0) is 50.8 Å². The summed E-state index contributed by atoms with van der Waals surface area (Å²) in [5.41, 5.74) is 0.635. The van der Waals surface area contributed by atoms with Crippen molar-refractivity contribution in [2.24, 2.45) is 5.92 Å². The Morgan fingerprint density at radius 3 is 1.96 bits per heavy atom. The van der Waals surface area contributed by atoms with Gasteiger partial charge in [0.1, 0.15) is 11.6 Å². The maximum Gasteiger partial charge on any atom is 0.285 e. The lowest BCUT2D eigenvalue weighted by Gasteiger charge is -2.39. The molecule has 3 nitrogen and oxygen atoms in total. The summed E-state index contributed by atoms with van der Waals surface area (Å²) in [4.78, 5) is 0.